The van der Waals surface area contributed by atoms with Crippen molar-refractivity contribution in [3.8, 4) is 0 Å². The molecule has 2 amide bonds. The van der Waals surface area contributed by atoms with Crippen LogP contribution in [0.1, 0.15) is 70.2 Å². The summed E-state index contributed by atoms with van der Waals surface area (Å²) in [6.07, 6.45) is -2.86. The predicted octanol–water partition coefficient (Wildman–Crippen LogP) is 4.51. The average molecular weight is 653 g/mol. The fourth-order valence-corrected chi connectivity index (χ4v) is 6.99. The molecule has 5 rings (SSSR count). The number of fused-ring (bicyclic) bond motifs is 6. The van der Waals surface area contributed by atoms with Crippen LogP contribution in [0.15, 0.2) is 35.4 Å². The van der Waals surface area contributed by atoms with E-state index in [-0.39, 0.29) is 54.1 Å². The van der Waals surface area contributed by atoms with Gasteiger partial charge in [-0.25, -0.2) is 14.7 Å². The Hall–Kier alpha value is -3.46. The van der Waals surface area contributed by atoms with E-state index in [1.807, 2.05) is 18.7 Å². The number of amides is 2. The highest BCUT2D eigenvalue weighted by Crippen LogP contribution is 2.42. The molecule has 2 aromatic rings. The molecule has 0 aliphatic carbocycles. The fraction of sp³-hybridized carbons (Fsp3) is 0.600. The zero-order chi connectivity index (χ0) is 32.8. The van der Waals surface area contributed by atoms with Crippen molar-refractivity contribution in [3.63, 3.8) is 0 Å². The number of anilines is 3. The van der Waals surface area contributed by atoms with Crippen LogP contribution in [0.2, 0.25) is 0 Å². The molecule has 3 aliphatic heterocycles. The lowest BCUT2D eigenvalue weighted by molar-refractivity contribution is -0.217. The molecule has 5 heterocycles. The molecule has 2 saturated heterocycles. The number of carbonyl (C=O) groups is 2. The van der Waals surface area contributed by atoms with Gasteiger partial charge in [-0.1, -0.05) is 19.9 Å². The Morgan fingerprint density at radius 2 is 1.84 bits per heavy atom. The van der Waals surface area contributed by atoms with Crippen molar-refractivity contribution < 1.29 is 35.9 Å². The third kappa shape index (κ3) is 6.88. The van der Waals surface area contributed by atoms with Crippen molar-refractivity contribution >= 4 is 39.3 Å². The first kappa shape index (κ1) is 32.9. The summed E-state index contributed by atoms with van der Waals surface area (Å²) >= 11 is 0. The van der Waals surface area contributed by atoms with Crippen LogP contribution < -0.4 is 19.8 Å². The van der Waals surface area contributed by atoms with Crippen LogP contribution in [0.3, 0.4) is 0 Å². The molecule has 0 saturated carbocycles. The second-order valence-electron chi connectivity index (χ2n) is 13.2. The van der Waals surface area contributed by atoms with Crippen LogP contribution in [-0.4, -0.2) is 74.3 Å². The number of aromatic nitrogens is 2. The van der Waals surface area contributed by atoms with Crippen LogP contribution in [-0.2, 0) is 19.6 Å². The zero-order valence-electron chi connectivity index (χ0n) is 25.8. The molecular weight excluding hydrogens is 613 g/mol. The number of sulfonamides is 1. The van der Waals surface area contributed by atoms with E-state index in [0.29, 0.717) is 18.9 Å². The number of nitrogens with one attached hydrogen (secondary N) is 2. The van der Waals surface area contributed by atoms with Gasteiger partial charge < -0.3 is 15.0 Å². The number of pyridine rings is 2. The number of carbonyl (C=O) groups excluding carboxylic acids is 2. The minimum Gasteiger partial charge on any atom is -0.370 e. The largest absolute Gasteiger partial charge is 0.394 e. The van der Waals surface area contributed by atoms with E-state index < -0.39 is 45.1 Å². The van der Waals surface area contributed by atoms with Crippen LogP contribution >= 0.6 is 0 Å². The molecule has 0 spiro atoms. The maximum absolute atomic E-state index is 13.6. The summed E-state index contributed by atoms with van der Waals surface area (Å²) < 4.78 is 73.9. The van der Waals surface area contributed by atoms with Crippen molar-refractivity contribution in [1.82, 2.24) is 14.7 Å². The Labute approximate surface area is 261 Å². The predicted molar refractivity (Wildman–Crippen MR) is 162 cm³/mol. The molecule has 246 valence electrons. The molecule has 2 fully saturated rings. The summed E-state index contributed by atoms with van der Waals surface area (Å²) in [5.41, 5.74) is -2.37. The van der Waals surface area contributed by atoms with Gasteiger partial charge in [0.05, 0.1) is 11.0 Å². The van der Waals surface area contributed by atoms with E-state index >= 15 is 0 Å². The summed E-state index contributed by atoms with van der Waals surface area (Å²) in [5.74, 6) is -0.184. The van der Waals surface area contributed by atoms with Crippen molar-refractivity contribution in [3.05, 3.63) is 35.9 Å². The van der Waals surface area contributed by atoms with Crippen molar-refractivity contribution in [2.75, 3.05) is 41.4 Å². The molecule has 3 aliphatic rings. The van der Waals surface area contributed by atoms with Gasteiger partial charge in [0, 0.05) is 38.2 Å². The van der Waals surface area contributed by atoms with E-state index in [4.69, 9.17) is 9.72 Å². The fourth-order valence-electron chi connectivity index (χ4n) is 6.06. The van der Waals surface area contributed by atoms with Gasteiger partial charge in [0.2, 0.25) is 0 Å². The van der Waals surface area contributed by atoms with Crippen LogP contribution in [0.4, 0.5) is 30.6 Å². The van der Waals surface area contributed by atoms with E-state index in [1.165, 1.54) is 23.1 Å². The van der Waals surface area contributed by atoms with Gasteiger partial charge in [-0.3, -0.25) is 14.5 Å². The number of rotatable bonds is 5. The van der Waals surface area contributed by atoms with Gasteiger partial charge in [-0.05, 0) is 69.7 Å². The van der Waals surface area contributed by atoms with Crippen molar-refractivity contribution in [2.24, 2.45) is 11.3 Å². The molecule has 4 bridgehead atoms. The van der Waals surface area contributed by atoms with Gasteiger partial charge in [-0.2, -0.15) is 21.6 Å². The first-order valence-electron chi connectivity index (χ1n) is 15.0. The Balaban J connectivity index is 1.44. The quantitative estimate of drug-likeness (QED) is 0.479. The normalized spacial score (nSPS) is 23.5. The molecule has 15 heteroatoms. The second-order valence-corrected chi connectivity index (χ2v) is 14.8. The maximum Gasteiger partial charge on any atom is 0.394 e. The smallest absolute Gasteiger partial charge is 0.370 e. The minimum absolute atomic E-state index is 0.0222. The third-order valence-corrected chi connectivity index (χ3v) is 10.1. The Morgan fingerprint density at radius 1 is 1.09 bits per heavy atom. The van der Waals surface area contributed by atoms with Crippen molar-refractivity contribution in [1.29, 1.82) is 0 Å². The Morgan fingerprint density at radius 3 is 2.58 bits per heavy atom. The molecule has 2 atom stereocenters. The minimum atomic E-state index is -4.40. The number of hydrogen-bond donors (Lipinski definition) is 2. The highest BCUT2D eigenvalue weighted by molar-refractivity contribution is 7.90. The van der Waals surface area contributed by atoms with Gasteiger partial charge in [0.15, 0.2) is 5.03 Å². The van der Waals surface area contributed by atoms with E-state index in [9.17, 15) is 31.2 Å². The second kappa shape index (κ2) is 12.0. The van der Waals surface area contributed by atoms with Gasteiger partial charge in [0.25, 0.3) is 21.8 Å². The summed E-state index contributed by atoms with van der Waals surface area (Å²) in [4.78, 5) is 39.2. The molecule has 45 heavy (non-hydrogen) atoms. The number of ether oxygens (including phenoxy) is 1. The van der Waals surface area contributed by atoms with Gasteiger partial charge in [0.1, 0.15) is 23.6 Å². The third-order valence-electron chi connectivity index (χ3n) is 8.89. The maximum atomic E-state index is 13.6. The summed E-state index contributed by atoms with van der Waals surface area (Å²) in [6.45, 7) is 7.39. The SMILES string of the molecule is CC1(C)C[C@@H]2CCCNc3cccc(n3)S(=O)(=O)NC(=O)c3ccc(N4CCC(OCCC(C)(C)C(F)(F)F)C4=O)nc3N1C2. The summed E-state index contributed by atoms with van der Waals surface area (Å²) in [6, 6.07) is 7.43. The topological polar surface area (TPSA) is 134 Å². The Bertz CT molecular complexity index is 1570. The highest BCUT2D eigenvalue weighted by Gasteiger charge is 2.47. The average Bonchev–Trinajstić information content (AvgIpc) is 3.47. The monoisotopic (exact) mass is 652 g/mol. The number of halogens is 3. The molecule has 2 aromatic heterocycles. The standard InChI is InChI=1S/C30H39F3N6O5S/c1-28(2,30(31,32)33)13-16-44-21-12-15-38(27(21)41)23-11-10-20-25(36-23)39-18-19(17-29(39,3)4)7-6-14-34-22-8-5-9-24(35-22)45(42,43)37-26(20)40/h5,8-11,19,21H,6-7,12-18H2,1-4H3,(H,34,35)(H,37,40)/t19-,21?/m0/s1. The highest BCUT2D eigenvalue weighted by atomic mass is 32.2. The number of hydrogen-bond acceptors (Lipinski definition) is 9. The van der Waals surface area contributed by atoms with Crippen LogP contribution in [0.25, 0.3) is 0 Å². The lowest BCUT2D eigenvalue weighted by atomic mass is 9.89. The van der Waals surface area contributed by atoms with Crippen LogP contribution in [0.5, 0.6) is 0 Å². The van der Waals surface area contributed by atoms with E-state index in [0.717, 1.165) is 33.1 Å². The lowest BCUT2D eigenvalue weighted by Crippen LogP contribution is -2.41. The summed E-state index contributed by atoms with van der Waals surface area (Å²) in [7, 11) is -4.33. The van der Waals surface area contributed by atoms with E-state index in [2.05, 4.69) is 15.0 Å². The van der Waals surface area contributed by atoms with Crippen molar-refractivity contribution in [2.45, 2.75) is 82.6 Å². The number of alkyl halides is 3. The molecular formula is C30H39F3N6O5S. The first-order valence-corrected chi connectivity index (χ1v) is 16.5. The molecule has 11 nitrogen and oxygen atoms in total. The first-order chi connectivity index (χ1) is 21.0. The molecule has 0 aromatic carbocycles. The zero-order valence-corrected chi connectivity index (χ0v) is 26.6. The molecule has 1 unspecified atom stereocenters. The van der Waals surface area contributed by atoms with E-state index in [1.54, 1.807) is 12.1 Å². The number of nitrogens with zero attached hydrogens (tertiary/aromatic N) is 4. The molecule has 0 radical (unpaired) electrons. The van der Waals surface area contributed by atoms with Gasteiger partial charge in [-0.15, -0.1) is 0 Å². The Kier molecular flexibility index (Phi) is 8.81. The lowest BCUT2D eigenvalue weighted by Gasteiger charge is -2.34. The summed E-state index contributed by atoms with van der Waals surface area (Å²) in [5, 5.41) is 2.85. The van der Waals surface area contributed by atoms with Gasteiger partial charge >= 0.3 is 6.18 Å². The van der Waals surface area contributed by atoms with Crippen LogP contribution in [0, 0.1) is 11.3 Å². The molecule has 2 N–H and O–H groups in total.